The highest BCUT2D eigenvalue weighted by Gasteiger charge is 2.10. The smallest absolute Gasteiger partial charge is 0.258 e. The number of aryl methyl sites for hydroxylation is 2. The van der Waals surface area contributed by atoms with E-state index in [9.17, 15) is 9.59 Å². The van der Waals surface area contributed by atoms with Gasteiger partial charge >= 0.3 is 0 Å². The minimum Gasteiger partial charge on any atom is -0.328 e. The van der Waals surface area contributed by atoms with Gasteiger partial charge in [-0.1, -0.05) is 12.1 Å². The van der Waals surface area contributed by atoms with Crippen LogP contribution in [0.3, 0.4) is 0 Å². The summed E-state index contributed by atoms with van der Waals surface area (Å²) in [6.07, 6.45) is 1.38. The summed E-state index contributed by atoms with van der Waals surface area (Å²) >= 11 is 1.37. The number of amides is 1. The van der Waals surface area contributed by atoms with E-state index in [-0.39, 0.29) is 11.5 Å². The molecule has 0 aliphatic heterocycles. The Morgan fingerprint density at radius 2 is 2.00 bits per heavy atom. The number of aromatic amines is 1. The summed E-state index contributed by atoms with van der Waals surface area (Å²) in [4.78, 5) is 30.0. The highest BCUT2D eigenvalue weighted by atomic mass is 32.1. The van der Waals surface area contributed by atoms with Crippen LogP contribution in [0, 0.1) is 13.8 Å². The molecule has 3 rings (SSSR count). The van der Waals surface area contributed by atoms with Crippen LogP contribution >= 0.6 is 11.3 Å². The van der Waals surface area contributed by atoms with Crippen LogP contribution in [0.5, 0.6) is 0 Å². The first-order chi connectivity index (χ1) is 11.0. The van der Waals surface area contributed by atoms with Gasteiger partial charge in [-0.15, -0.1) is 11.3 Å². The molecule has 0 unspecified atom stereocenters. The zero-order valence-corrected chi connectivity index (χ0v) is 13.5. The quantitative estimate of drug-likeness (QED) is 0.775. The zero-order valence-electron chi connectivity index (χ0n) is 12.7. The van der Waals surface area contributed by atoms with E-state index in [0.29, 0.717) is 10.7 Å². The number of carbonyl (C=O) groups excluding carboxylic acids is 1. The first-order valence-corrected chi connectivity index (χ1v) is 7.94. The average Bonchev–Trinajstić information content (AvgIpc) is 2.99. The molecule has 2 heterocycles. The maximum Gasteiger partial charge on any atom is 0.258 e. The maximum absolute atomic E-state index is 12.1. The number of nitrogens with zero attached hydrogens (tertiary/aromatic N) is 1. The molecule has 0 saturated heterocycles. The molecule has 23 heavy (non-hydrogen) atoms. The van der Waals surface area contributed by atoms with Crippen molar-refractivity contribution in [2.45, 2.75) is 13.8 Å². The summed E-state index contributed by atoms with van der Waals surface area (Å²) in [5.74, 6) is -0.303. The molecule has 2 aromatic heterocycles. The molecule has 1 amide bonds. The summed E-state index contributed by atoms with van der Waals surface area (Å²) in [6.45, 7) is 4.13. The summed E-state index contributed by atoms with van der Waals surface area (Å²) in [5.41, 5.74) is 4.43. The van der Waals surface area contributed by atoms with Crippen molar-refractivity contribution >= 4 is 22.4 Å². The Bertz CT molecular complexity index is 907. The Morgan fingerprint density at radius 1 is 1.17 bits per heavy atom. The average molecular weight is 325 g/mol. The molecular formula is C17H15N3O2S. The molecule has 0 aliphatic carbocycles. The van der Waals surface area contributed by atoms with Crippen LogP contribution in [0.2, 0.25) is 0 Å². The Balaban J connectivity index is 1.79. The van der Waals surface area contributed by atoms with Crippen LogP contribution in [0.1, 0.15) is 21.5 Å². The number of thiazole rings is 1. The fourth-order valence-corrected chi connectivity index (χ4v) is 2.80. The van der Waals surface area contributed by atoms with Gasteiger partial charge in [0, 0.05) is 23.2 Å². The molecule has 5 nitrogen and oxygen atoms in total. The molecule has 0 bridgehead atoms. The molecule has 1 aromatic carbocycles. The van der Waals surface area contributed by atoms with Crippen molar-refractivity contribution in [3.63, 3.8) is 0 Å². The lowest BCUT2D eigenvalue weighted by Crippen LogP contribution is -2.14. The van der Waals surface area contributed by atoms with Crippen molar-refractivity contribution in [3.05, 3.63) is 69.0 Å². The first kappa shape index (κ1) is 15.2. The van der Waals surface area contributed by atoms with Crippen LogP contribution in [-0.2, 0) is 0 Å². The van der Waals surface area contributed by atoms with Crippen molar-refractivity contribution < 1.29 is 4.79 Å². The van der Waals surface area contributed by atoms with Gasteiger partial charge in [-0.2, -0.15) is 0 Å². The number of benzene rings is 1. The molecule has 0 saturated carbocycles. The molecule has 0 fully saturated rings. The SMILES string of the molecule is Cc1ccc(-c2csc(NC(=O)c3ccc(=O)[nH]c3)n2)cc1C. The predicted molar refractivity (Wildman–Crippen MR) is 92.0 cm³/mol. The summed E-state index contributed by atoms with van der Waals surface area (Å²) < 4.78 is 0. The van der Waals surface area contributed by atoms with Crippen LogP contribution in [-0.4, -0.2) is 15.9 Å². The molecule has 116 valence electrons. The monoisotopic (exact) mass is 325 g/mol. The van der Waals surface area contributed by atoms with Gasteiger partial charge in [0.25, 0.3) is 5.91 Å². The summed E-state index contributed by atoms with van der Waals surface area (Å²) in [6, 6.07) is 8.95. The van der Waals surface area contributed by atoms with Gasteiger partial charge in [-0.25, -0.2) is 4.98 Å². The predicted octanol–water partition coefficient (Wildman–Crippen LogP) is 3.37. The third-order valence-electron chi connectivity index (χ3n) is 3.57. The number of H-pyrrole nitrogens is 1. The van der Waals surface area contributed by atoms with E-state index in [0.717, 1.165) is 11.3 Å². The second-order valence-electron chi connectivity index (χ2n) is 5.23. The number of hydrogen-bond acceptors (Lipinski definition) is 4. The number of rotatable bonds is 3. The van der Waals surface area contributed by atoms with E-state index in [1.165, 1.54) is 40.8 Å². The lowest BCUT2D eigenvalue weighted by molar-refractivity contribution is 0.102. The Kier molecular flexibility index (Phi) is 4.08. The van der Waals surface area contributed by atoms with E-state index < -0.39 is 0 Å². The van der Waals surface area contributed by atoms with Crippen molar-refractivity contribution in [2.24, 2.45) is 0 Å². The van der Waals surface area contributed by atoms with Gasteiger partial charge in [0.15, 0.2) is 5.13 Å². The van der Waals surface area contributed by atoms with Crippen molar-refractivity contribution in [2.75, 3.05) is 5.32 Å². The summed E-state index contributed by atoms with van der Waals surface area (Å²) in [5, 5.41) is 5.17. The Hall–Kier alpha value is -2.73. The van der Waals surface area contributed by atoms with E-state index in [2.05, 4.69) is 41.3 Å². The van der Waals surface area contributed by atoms with Gasteiger partial charge in [-0.3, -0.25) is 14.9 Å². The number of hydrogen-bond donors (Lipinski definition) is 2. The first-order valence-electron chi connectivity index (χ1n) is 7.06. The van der Waals surface area contributed by atoms with Crippen LogP contribution < -0.4 is 10.9 Å². The zero-order chi connectivity index (χ0) is 16.4. The molecule has 3 aromatic rings. The number of anilines is 1. The number of carbonyl (C=O) groups is 1. The molecule has 6 heteroatoms. The molecule has 0 atom stereocenters. The van der Waals surface area contributed by atoms with E-state index in [1.54, 1.807) is 0 Å². The molecule has 2 N–H and O–H groups in total. The lowest BCUT2D eigenvalue weighted by atomic mass is 10.1. The third-order valence-corrected chi connectivity index (χ3v) is 4.33. The van der Waals surface area contributed by atoms with E-state index >= 15 is 0 Å². The Morgan fingerprint density at radius 3 is 2.70 bits per heavy atom. The highest BCUT2D eigenvalue weighted by molar-refractivity contribution is 7.14. The van der Waals surface area contributed by atoms with Crippen molar-refractivity contribution in [1.82, 2.24) is 9.97 Å². The van der Waals surface area contributed by atoms with Gasteiger partial charge in [0.2, 0.25) is 5.56 Å². The molecular weight excluding hydrogens is 310 g/mol. The molecule has 0 spiro atoms. The van der Waals surface area contributed by atoms with Gasteiger partial charge in [0.05, 0.1) is 11.3 Å². The maximum atomic E-state index is 12.1. The topological polar surface area (TPSA) is 74.8 Å². The fraction of sp³-hybridized carbons (Fsp3) is 0.118. The van der Waals surface area contributed by atoms with E-state index in [4.69, 9.17) is 0 Å². The number of nitrogens with one attached hydrogen (secondary N) is 2. The van der Waals surface area contributed by atoms with Gasteiger partial charge < -0.3 is 4.98 Å². The van der Waals surface area contributed by atoms with Gasteiger partial charge in [-0.05, 0) is 37.1 Å². The van der Waals surface area contributed by atoms with Crippen LogP contribution in [0.15, 0.2) is 46.7 Å². The summed E-state index contributed by atoms with van der Waals surface area (Å²) in [7, 11) is 0. The highest BCUT2D eigenvalue weighted by Crippen LogP contribution is 2.26. The van der Waals surface area contributed by atoms with Crippen molar-refractivity contribution in [3.8, 4) is 11.3 Å². The van der Waals surface area contributed by atoms with Crippen molar-refractivity contribution in [1.29, 1.82) is 0 Å². The second-order valence-corrected chi connectivity index (χ2v) is 6.09. The normalized spacial score (nSPS) is 10.5. The standard InChI is InChI=1S/C17H15N3O2S/c1-10-3-4-12(7-11(10)2)14-9-23-17(19-14)20-16(22)13-5-6-15(21)18-8-13/h3-9H,1-2H3,(H,18,21)(H,19,20,22). The van der Waals surface area contributed by atoms with E-state index in [1.807, 2.05) is 11.4 Å². The third kappa shape index (κ3) is 3.37. The minimum atomic E-state index is -0.303. The minimum absolute atomic E-state index is 0.243. The Labute approximate surface area is 137 Å². The van der Waals surface area contributed by atoms with Gasteiger partial charge in [0.1, 0.15) is 0 Å². The molecule has 0 radical (unpaired) electrons. The van der Waals surface area contributed by atoms with Crippen LogP contribution in [0.4, 0.5) is 5.13 Å². The second kappa shape index (κ2) is 6.18. The van der Waals surface area contributed by atoms with Crippen LogP contribution in [0.25, 0.3) is 11.3 Å². The lowest BCUT2D eigenvalue weighted by Gasteiger charge is -2.03. The largest absolute Gasteiger partial charge is 0.328 e. The molecule has 0 aliphatic rings. The number of pyridine rings is 1. The fourth-order valence-electron chi connectivity index (χ4n) is 2.09. The number of aromatic nitrogens is 2.